The molecule has 12 heteroatoms. The summed E-state index contributed by atoms with van der Waals surface area (Å²) < 4.78 is 63.0. The van der Waals surface area contributed by atoms with Crippen molar-refractivity contribution in [1.82, 2.24) is 13.5 Å². The highest BCUT2D eigenvalue weighted by Crippen LogP contribution is 2.30. The molecule has 2 aliphatic heterocycles. The molecule has 0 atom stereocenters. The highest BCUT2D eigenvalue weighted by atomic mass is 32.2. The van der Waals surface area contributed by atoms with Crippen molar-refractivity contribution in [3.63, 3.8) is 0 Å². The van der Waals surface area contributed by atoms with Crippen molar-refractivity contribution >= 4 is 21.9 Å². The van der Waals surface area contributed by atoms with Crippen LogP contribution < -0.4 is 10.1 Å². The molecule has 9 nitrogen and oxygen atoms in total. The van der Waals surface area contributed by atoms with E-state index in [0.717, 1.165) is 0 Å². The van der Waals surface area contributed by atoms with Crippen LogP contribution in [0.1, 0.15) is 5.56 Å². The minimum Gasteiger partial charge on any atom is -0.433 e. The molecule has 2 aliphatic rings. The SMILES string of the molecule is Cc1cccc(OC(F)F)c1NC(=O)N1CCN(S(=O)(=O)N2CCOCC2)CC1. The van der Waals surface area contributed by atoms with Crippen LogP contribution in [0.3, 0.4) is 0 Å². The molecule has 0 aromatic heterocycles. The van der Waals surface area contributed by atoms with Crippen molar-refractivity contribution in [2.24, 2.45) is 0 Å². The zero-order valence-corrected chi connectivity index (χ0v) is 16.8. The van der Waals surface area contributed by atoms with Gasteiger partial charge in [0.1, 0.15) is 5.75 Å². The first-order valence-corrected chi connectivity index (χ1v) is 10.6. The summed E-state index contributed by atoms with van der Waals surface area (Å²) in [6.45, 7) is 0.678. The molecule has 3 rings (SSSR count). The number of piperazine rings is 1. The van der Waals surface area contributed by atoms with Crippen molar-refractivity contribution < 1.29 is 31.5 Å². The van der Waals surface area contributed by atoms with Crippen LogP contribution in [0.4, 0.5) is 19.3 Å². The molecule has 0 bridgehead atoms. The molecule has 1 aromatic carbocycles. The van der Waals surface area contributed by atoms with Crippen LogP contribution in [0.5, 0.6) is 5.75 Å². The number of urea groups is 1. The average Bonchev–Trinajstić information content (AvgIpc) is 2.71. The molecule has 29 heavy (non-hydrogen) atoms. The number of carbonyl (C=O) groups is 1. The molecule has 1 aromatic rings. The van der Waals surface area contributed by atoms with Gasteiger partial charge < -0.3 is 19.7 Å². The van der Waals surface area contributed by atoms with Gasteiger partial charge in [-0.3, -0.25) is 0 Å². The second-order valence-corrected chi connectivity index (χ2v) is 8.59. The smallest absolute Gasteiger partial charge is 0.387 e. The molecule has 162 valence electrons. The van der Waals surface area contributed by atoms with Crippen molar-refractivity contribution in [2.45, 2.75) is 13.5 Å². The number of amides is 2. The largest absolute Gasteiger partial charge is 0.433 e. The van der Waals surface area contributed by atoms with Gasteiger partial charge in [-0.25, -0.2) is 4.79 Å². The van der Waals surface area contributed by atoms with Gasteiger partial charge in [-0.2, -0.15) is 25.8 Å². The van der Waals surface area contributed by atoms with Crippen LogP contribution in [0.2, 0.25) is 0 Å². The normalized spacial score (nSPS) is 19.4. The summed E-state index contributed by atoms with van der Waals surface area (Å²) in [7, 11) is -3.60. The van der Waals surface area contributed by atoms with Gasteiger partial charge in [-0.15, -0.1) is 0 Å². The third-order valence-electron chi connectivity index (χ3n) is 4.83. The molecule has 0 unspecified atom stereocenters. The molecule has 0 aliphatic carbocycles. The second-order valence-electron chi connectivity index (χ2n) is 6.66. The Morgan fingerprint density at radius 2 is 1.72 bits per heavy atom. The molecule has 0 saturated carbocycles. The average molecular weight is 434 g/mol. The number of halogens is 2. The van der Waals surface area contributed by atoms with Crippen LogP contribution in [0, 0.1) is 6.92 Å². The van der Waals surface area contributed by atoms with Gasteiger partial charge >= 0.3 is 12.6 Å². The summed E-state index contributed by atoms with van der Waals surface area (Å²) in [6.07, 6.45) is 0. The predicted octanol–water partition coefficient (Wildman–Crippen LogP) is 1.32. The van der Waals surface area contributed by atoms with Gasteiger partial charge in [0, 0.05) is 39.3 Å². The lowest BCUT2D eigenvalue weighted by Gasteiger charge is -2.37. The summed E-state index contributed by atoms with van der Waals surface area (Å²) in [5.74, 6) is -0.123. The Balaban J connectivity index is 1.61. The maximum absolute atomic E-state index is 12.7. The third kappa shape index (κ3) is 5.13. The fourth-order valence-electron chi connectivity index (χ4n) is 3.24. The zero-order chi connectivity index (χ0) is 21.0. The second kappa shape index (κ2) is 9.20. The summed E-state index contributed by atoms with van der Waals surface area (Å²) in [6, 6.07) is 4.07. The number of hydrogen-bond acceptors (Lipinski definition) is 5. The number of anilines is 1. The first kappa shape index (κ1) is 21.7. The first-order valence-electron chi connectivity index (χ1n) is 9.22. The van der Waals surface area contributed by atoms with Crippen LogP contribution in [0.25, 0.3) is 0 Å². The number of aryl methyl sites for hydroxylation is 1. The molecular weight excluding hydrogens is 410 g/mol. The van der Waals surface area contributed by atoms with E-state index in [1.807, 2.05) is 0 Å². The Morgan fingerprint density at radius 1 is 1.10 bits per heavy atom. The number of ether oxygens (including phenoxy) is 2. The fraction of sp³-hybridized carbons (Fsp3) is 0.588. The lowest BCUT2D eigenvalue weighted by Crippen LogP contribution is -2.56. The van der Waals surface area contributed by atoms with Gasteiger partial charge in [0.25, 0.3) is 10.2 Å². The van der Waals surface area contributed by atoms with E-state index >= 15 is 0 Å². The molecule has 0 spiro atoms. The first-order chi connectivity index (χ1) is 13.8. The minimum absolute atomic E-state index is 0.123. The van der Waals surface area contributed by atoms with E-state index in [1.54, 1.807) is 19.1 Å². The number of alkyl halides is 2. The Labute approximate surface area is 168 Å². The van der Waals surface area contributed by atoms with Gasteiger partial charge in [0.2, 0.25) is 0 Å². The van der Waals surface area contributed by atoms with Crippen LogP contribution in [-0.4, -0.2) is 87.1 Å². The summed E-state index contributed by atoms with van der Waals surface area (Å²) in [5, 5.41) is 2.60. The number of benzene rings is 1. The molecule has 1 N–H and O–H groups in total. The van der Waals surface area contributed by atoms with Gasteiger partial charge in [0.15, 0.2) is 0 Å². The highest BCUT2D eigenvalue weighted by Gasteiger charge is 2.34. The lowest BCUT2D eigenvalue weighted by molar-refractivity contribution is -0.0493. The van der Waals surface area contributed by atoms with Crippen molar-refractivity contribution in [3.05, 3.63) is 23.8 Å². The van der Waals surface area contributed by atoms with E-state index in [-0.39, 0.29) is 37.6 Å². The van der Waals surface area contributed by atoms with Gasteiger partial charge in [0.05, 0.1) is 18.9 Å². The standard InChI is InChI=1S/C17H24F2N4O5S/c1-13-3-2-4-14(28-16(18)19)15(13)20-17(24)21-5-7-22(8-6-21)29(25,26)23-9-11-27-12-10-23/h2-4,16H,5-12H2,1H3,(H,20,24). The quantitative estimate of drug-likeness (QED) is 0.755. The van der Waals surface area contributed by atoms with Crippen molar-refractivity contribution in [1.29, 1.82) is 0 Å². The molecule has 2 saturated heterocycles. The van der Waals surface area contributed by atoms with E-state index in [0.29, 0.717) is 31.9 Å². The van der Waals surface area contributed by atoms with Crippen molar-refractivity contribution in [2.75, 3.05) is 57.8 Å². The Bertz CT molecular complexity index is 825. The van der Waals surface area contributed by atoms with Crippen LogP contribution in [0.15, 0.2) is 18.2 Å². The zero-order valence-electron chi connectivity index (χ0n) is 16.0. The van der Waals surface area contributed by atoms with E-state index < -0.39 is 22.9 Å². The molecule has 0 radical (unpaired) electrons. The minimum atomic E-state index is -3.60. The maximum Gasteiger partial charge on any atom is 0.387 e. The maximum atomic E-state index is 12.7. The number of carbonyl (C=O) groups excluding carboxylic acids is 1. The Kier molecular flexibility index (Phi) is 6.88. The Morgan fingerprint density at radius 3 is 2.34 bits per heavy atom. The number of morpholine rings is 1. The number of para-hydroxylation sites is 1. The highest BCUT2D eigenvalue weighted by molar-refractivity contribution is 7.86. The van der Waals surface area contributed by atoms with Gasteiger partial charge in [-0.05, 0) is 18.6 Å². The van der Waals surface area contributed by atoms with Crippen LogP contribution in [-0.2, 0) is 14.9 Å². The van der Waals surface area contributed by atoms with E-state index in [9.17, 15) is 22.0 Å². The van der Waals surface area contributed by atoms with E-state index in [4.69, 9.17) is 4.74 Å². The molecule has 2 heterocycles. The lowest BCUT2D eigenvalue weighted by atomic mass is 10.2. The van der Waals surface area contributed by atoms with E-state index in [2.05, 4.69) is 10.1 Å². The van der Waals surface area contributed by atoms with Crippen molar-refractivity contribution in [3.8, 4) is 5.75 Å². The number of nitrogens with zero attached hydrogens (tertiary/aromatic N) is 3. The Hall–Kier alpha value is -2.02. The van der Waals surface area contributed by atoms with Crippen LogP contribution >= 0.6 is 0 Å². The summed E-state index contributed by atoms with van der Waals surface area (Å²) in [5.41, 5.74) is 0.742. The van der Waals surface area contributed by atoms with E-state index in [1.165, 1.54) is 19.6 Å². The predicted molar refractivity (Wildman–Crippen MR) is 101 cm³/mol. The summed E-state index contributed by atoms with van der Waals surface area (Å²) in [4.78, 5) is 14.0. The monoisotopic (exact) mass is 434 g/mol. The number of nitrogens with one attached hydrogen (secondary N) is 1. The number of rotatable bonds is 5. The number of hydrogen-bond donors (Lipinski definition) is 1. The summed E-state index contributed by atoms with van der Waals surface area (Å²) >= 11 is 0. The fourth-order valence-corrected chi connectivity index (χ4v) is 4.81. The van der Waals surface area contributed by atoms with Gasteiger partial charge in [-0.1, -0.05) is 12.1 Å². The molecule has 2 fully saturated rings. The molecular formula is C17H24F2N4O5S. The topological polar surface area (TPSA) is 91.4 Å². The third-order valence-corrected chi connectivity index (χ3v) is 6.87. The molecule has 2 amide bonds.